The Kier molecular flexibility index (Phi) is 3.60. The predicted octanol–water partition coefficient (Wildman–Crippen LogP) is 2.60. The summed E-state index contributed by atoms with van der Waals surface area (Å²) in [5.74, 6) is -0.146. The Bertz CT molecular complexity index is 669. The van der Waals surface area contributed by atoms with E-state index < -0.39 is 5.97 Å². The van der Waals surface area contributed by atoms with Crippen molar-refractivity contribution in [2.75, 3.05) is 18.5 Å². The van der Waals surface area contributed by atoms with Crippen molar-refractivity contribution >= 4 is 11.9 Å². The Labute approximate surface area is 121 Å². The number of anilines is 1. The van der Waals surface area contributed by atoms with Crippen LogP contribution in [-0.4, -0.2) is 28.7 Å². The van der Waals surface area contributed by atoms with Gasteiger partial charge in [0.15, 0.2) is 5.69 Å². The van der Waals surface area contributed by atoms with E-state index in [9.17, 15) is 9.18 Å². The summed E-state index contributed by atoms with van der Waals surface area (Å²) in [6.45, 7) is 2.72. The molecule has 1 aromatic heterocycles. The second kappa shape index (κ2) is 5.55. The van der Waals surface area contributed by atoms with Crippen LogP contribution in [0.15, 0.2) is 30.5 Å². The van der Waals surface area contributed by atoms with Crippen molar-refractivity contribution in [3.8, 4) is 0 Å². The van der Waals surface area contributed by atoms with Crippen molar-refractivity contribution in [2.45, 2.75) is 19.4 Å². The third kappa shape index (κ3) is 2.49. The molecule has 0 radical (unpaired) electrons. The largest absolute Gasteiger partial charge is 0.461 e. The van der Waals surface area contributed by atoms with Crippen LogP contribution in [0.2, 0.25) is 0 Å². The highest BCUT2D eigenvalue weighted by molar-refractivity contribution is 5.87. The quantitative estimate of drug-likeness (QED) is 0.882. The van der Waals surface area contributed by atoms with Crippen molar-refractivity contribution in [3.05, 3.63) is 47.5 Å². The molecule has 5 nitrogen and oxygen atoms in total. The van der Waals surface area contributed by atoms with Crippen molar-refractivity contribution in [3.63, 3.8) is 0 Å². The molecule has 2 aromatic rings. The van der Waals surface area contributed by atoms with E-state index in [0.29, 0.717) is 24.7 Å². The van der Waals surface area contributed by atoms with Gasteiger partial charge in [0.25, 0.3) is 0 Å². The molecule has 0 fully saturated rings. The topological polar surface area (TPSA) is 56.2 Å². The molecule has 1 aliphatic rings. The van der Waals surface area contributed by atoms with E-state index in [2.05, 4.69) is 10.3 Å². The number of hydrogen-bond acceptors (Lipinski definition) is 4. The number of rotatable bonds is 3. The number of halogens is 1. The molecule has 0 spiro atoms. The molecule has 6 heteroatoms. The normalized spacial score (nSPS) is 17.0. The van der Waals surface area contributed by atoms with Crippen LogP contribution in [0.1, 0.15) is 35.4 Å². The average molecular weight is 289 g/mol. The van der Waals surface area contributed by atoms with Gasteiger partial charge < -0.3 is 14.6 Å². The molecule has 0 aliphatic carbocycles. The van der Waals surface area contributed by atoms with Crippen LogP contribution in [0.3, 0.4) is 0 Å². The molecule has 1 aromatic carbocycles. The molecular formula is C15H16FN3O2. The fraction of sp³-hybridized carbons (Fsp3) is 0.333. The zero-order valence-electron chi connectivity index (χ0n) is 11.7. The van der Waals surface area contributed by atoms with Crippen LogP contribution in [0.5, 0.6) is 0 Å². The van der Waals surface area contributed by atoms with Crippen molar-refractivity contribution < 1.29 is 13.9 Å². The lowest BCUT2D eigenvalue weighted by Gasteiger charge is -2.26. The van der Waals surface area contributed by atoms with Crippen LogP contribution in [0.4, 0.5) is 10.3 Å². The summed E-state index contributed by atoms with van der Waals surface area (Å²) in [5, 5.41) is 3.12. The van der Waals surface area contributed by atoms with Crippen LogP contribution in [0.25, 0.3) is 0 Å². The highest BCUT2D eigenvalue weighted by Gasteiger charge is 2.26. The van der Waals surface area contributed by atoms with Gasteiger partial charge in [0.05, 0.1) is 12.6 Å². The zero-order valence-corrected chi connectivity index (χ0v) is 11.7. The molecular weight excluding hydrogens is 273 g/mol. The molecule has 110 valence electrons. The van der Waals surface area contributed by atoms with Crippen LogP contribution < -0.4 is 5.32 Å². The number of carbonyl (C=O) groups excluding carboxylic acids is 1. The average Bonchev–Trinajstić information content (AvgIpc) is 2.92. The third-order valence-electron chi connectivity index (χ3n) is 3.52. The van der Waals surface area contributed by atoms with Gasteiger partial charge in [-0.15, -0.1) is 0 Å². The van der Waals surface area contributed by atoms with Gasteiger partial charge in [-0.2, -0.15) is 0 Å². The predicted molar refractivity (Wildman–Crippen MR) is 75.8 cm³/mol. The Balaban J connectivity index is 1.98. The highest BCUT2D eigenvalue weighted by Crippen LogP contribution is 2.31. The molecule has 0 bridgehead atoms. The fourth-order valence-electron chi connectivity index (χ4n) is 2.58. The smallest absolute Gasteiger partial charge is 0.358 e. The zero-order chi connectivity index (χ0) is 14.8. The maximum Gasteiger partial charge on any atom is 0.358 e. The Morgan fingerprint density at radius 1 is 1.52 bits per heavy atom. The number of hydrogen-bond donors (Lipinski definition) is 1. The molecule has 0 saturated heterocycles. The lowest BCUT2D eigenvalue weighted by atomic mass is 10.0. The minimum Gasteiger partial charge on any atom is -0.461 e. The molecule has 0 saturated carbocycles. The minimum atomic E-state index is -0.464. The van der Waals surface area contributed by atoms with Crippen molar-refractivity contribution in [1.29, 1.82) is 0 Å². The number of esters is 1. The van der Waals surface area contributed by atoms with E-state index >= 15 is 0 Å². The summed E-state index contributed by atoms with van der Waals surface area (Å²) < 4.78 is 20.8. The summed E-state index contributed by atoms with van der Waals surface area (Å²) in [4.78, 5) is 16.0. The Morgan fingerprint density at radius 2 is 2.33 bits per heavy atom. The maximum absolute atomic E-state index is 14.0. The summed E-state index contributed by atoms with van der Waals surface area (Å²) in [6.07, 6.45) is 2.35. The molecule has 0 amide bonds. The number of carbonyl (C=O) groups is 1. The number of ether oxygens (including phenoxy) is 1. The first-order chi connectivity index (χ1) is 10.2. The summed E-state index contributed by atoms with van der Waals surface area (Å²) in [5.41, 5.74) is 0.843. The van der Waals surface area contributed by atoms with Gasteiger partial charge in [-0.05, 0) is 19.4 Å². The van der Waals surface area contributed by atoms with E-state index in [1.807, 2.05) is 6.07 Å². The standard InChI is InChI=1S/C15H16FN3O2/c1-2-21-14(20)12-9-19-13(7-8-17-15(19)18-12)10-5-3-4-6-11(10)16/h3-6,9,13H,2,7-8H2,1H3,(H,17,18). The lowest BCUT2D eigenvalue weighted by Crippen LogP contribution is -2.24. The fourth-order valence-corrected chi connectivity index (χ4v) is 2.58. The van der Waals surface area contributed by atoms with Crippen molar-refractivity contribution in [1.82, 2.24) is 9.55 Å². The first-order valence-corrected chi connectivity index (χ1v) is 6.95. The highest BCUT2D eigenvalue weighted by atomic mass is 19.1. The van der Waals surface area contributed by atoms with Crippen LogP contribution in [-0.2, 0) is 4.74 Å². The lowest BCUT2D eigenvalue weighted by molar-refractivity contribution is 0.0520. The van der Waals surface area contributed by atoms with Gasteiger partial charge in [0, 0.05) is 18.3 Å². The Morgan fingerprint density at radius 3 is 3.10 bits per heavy atom. The molecule has 1 atom stereocenters. The first-order valence-electron chi connectivity index (χ1n) is 6.95. The van der Waals surface area contributed by atoms with Crippen molar-refractivity contribution in [2.24, 2.45) is 0 Å². The van der Waals surface area contributed by atoms with Gasteiger partial charge in [-0.3, -0.25) is 0 Å². The molecule has 1 aliphatic heterocycles. The SMILES string of the molecule is CCOC(=O)c1cn2c(n1)NCCC2c1ccccc1F. The molecule has 1 N–H and O–H groups in total. The van der Waals surface area contributed by atoms with E-state index in [1.54, 1.807) is 29.8 Å². The Hall–Kier alpha value is -2.37. The molecule has 1 unspecified atom stereocenters. The van der Waals surface area contributed by atoms with Gasteiger partial charge >= 0.3 is 5.97 Å². The second-order valence-corrected chi connectivity index (χ2v) is 4.83. The summed E-state index contributed by atoms with van der Waals surface area (Å²) in [6, 6.07) is 6.51. The van der Waals surface area contributed by atoms with Crippen LogP contribution >= 0.6 is 0 Å². The third-order valence-corrected chi connectivity index (χ3v) is 3.52. The maximum atomic E-state index is 14.0. The molecule has 3 rings (SSSR count). The number of benzene rings is 1. The van der Waals surface area contributed by atoms with E-state index in [1.165, 1.54) is 6.07 Å². The van der Waals surface area contributed by atoms with Crippen LogP contribution in [0, 0.1) is 5.82 Å². The minimum absolute atomic E-state index is 0.168. The van der Waals surface area contributed by atoms with Gasteiger partial charge in [0.1, 0.15) is 5.82 Å². The van der Waals surface area contributed by atoms with Gasteiger partial charge in [0.2, 0.25) is 5.95 Å². The number of fused-ring (bicyclic) bond motifs is 1. The number of nitrogens with one attached hydrogen (secondary N) is 1. The second-order valence-electron chi connectivity index (χ2n) is 4.83. The monoisotopic (exact) mass is 289 g/mol. The molecule has 2 heterocycles. The van der Waals surface area contributed by atoms with E-state index in [-0.39, 0.29) is 17.6 Å². The van der Waals surface area contributed by atoms with E-state index in [4.69, 9.17) is 4.74 Å². The summed E-state index contributed by atoms with van der Waals surface area (Å²) >= 11 is 0. The van der Waals surface area contributed by atoms with E-state index in [0.717, 1.165) is 6.42 Å². The number of imidazole rings is 1. The molecule has 21 heavy (non-hydrogen) atoms. The number of nitrogens with zero attached hydrogens (tertiary/aromatic N) is 2. The first kappa shape index (κ1) is 13.6. The summed E-state index contributed by atoms with van der Waals surface area (Å²) in [7, 11) is 0. The number of aromatic nitrogens is 2. The van der Waals surface area contributed by atoms with Gasteiger partial charge in [-0.25, -0.2) is 14.2 Å². The van der Waals surface area contributed by atoms with Gasteiger partial charge in [-0.1, -0.05) is 18.2 Å².